The van der Waals surface area contributed by atoms with Crippen LogP contribution in [-0.4, -0.2) is 81.2 Å². The predicted octanol–water partition coefficient (Wildman–Crippen LogP) is -0.604. The average Bonchev–Trinajstić information content (AvgIpc) is 3.30. The molecular formula is C22H30N4O7S. The molecule has 1 aromatic rings. The van der Waals surface area contributed by atoms with E-state index in [0.717, 1.165) is 5.56 Å². The summed E-state index contributed by atoms with van der Waals surface area (Å²) in [4.78, 5) is 62.4. The fourth-order valence-corrected chi connectivity index (χ4v) is 3.87. The SMILES string of the molecule is NC(CS)C(=O)NC(CCC(=O)O)C(=O)N1CCCC1C(=O)NC(Cc1ccccc1)C(=O)O. The van der Waals surface area contributed by atoms with E-state index in [1.807, 2.05) is 0 Å². The standard InChI is InChI=1S/C22H30N4O7S/c23-14(12-34)19(29)24-15(8-9-18(27)28)21(31)26-10-4-7-17(26)20(30)25-16(22(32)33)11-13-5-2-1-3-6-13/h1-3,5-6,14-17,34H,4,7-12,23H2,(H,24,29)(H,25,30)(H,27,28)(H,32,33). The number of carboxylic acids is 2. The summed E-state index contributed by atoms with van der Waals surface area (Å²) >= 11 is 3.95. The van der Waals surface area contributed by atoms with Crippen molar-refractivity contribution in [2.45, 2.75) is 56.3 Å². The van der Waals surface area contributed by atoms with Gasteiger partial charge in [-0.2, -0.15) is 12.6 Å². The van der Waals surface area contributed by atoms with Crippen LogP contribution in [0.3, 0.4) is 0 Å². The zero-order valence-electron chi connectivity index (χ0n) is 18.6. The maximum Gasteiger partial charge on any atom is 0.326 e. The van der Waals surface area contributed by atoms with Crippen LogP contribution in [0.5, 0.6) is 0 Å². The number of carboxylic acid groups (broad SMARTS) is 2. The molecule has 4 unspecified atom stereocenters. The third-order valence-electron chi connectivity index (χ3n) is 5.53. The van der Waals surface area contributed by atoms with Crippen molar-refractivity contribution in [1.82, 2.24) is 15.5 Å². The van der Waals surface area contributed by atoms with Crippen LogP contribution in [0.1, 0.15) is 31.2 Å². The van der Waals surface area contributed by atoms with Gasteiger partial charge in [-0.05, 0) is 24.8 Å². The molecule has 34 heavy (non-hydrogen) atoms. The van der Waals surface area contributed by atoms with E-state index in [0.29, 0.717) is 12.8 Å². The van der Waals surface area contributed by atoms with E-state index in [4.69, 9.17) is 10.8 Å². The van der Waals surface area contributed by atoms with Gasteiger partial charge in [-0.15, -0.1) is 0 Å². The van der Waals surface area contributed by atoms with Gasteiger partial charge in [0.25, 0.3) is 0 Å². The van der Waals surface area contributed by atoms with E-state index >= 15 is 0 Å². The van der Waals surface area contributed by atoms with Crippen LogP contribution < -0.4 is 16.4 Å². The minimum Gasteiger partial charge on any atom is -0.481 e. The van der Waals surface area contributed by atoms with Crippen LogP contribution in [0, 0.1) is 0 Å². The van der Waals surface area contributed by atoms with Gasteiger partial charge in [-0.3, -0.25) is 19.2 Å². The highest BCUT2D eigenvalue weighted by Gasteiger charge is 2.39. The summed E-state index contributed by atoms with van der Waals surface area (Å²) in [5.74, 6) is -4.23. The Morgan fingerprint density at radius 1 is 1.09 bits per heavy atom. The highest BCUT2D eigenvalue weighted by Crippen LogP contribution is 2.20. The van der Waals surface area contributed by atoms with E-state index in [1.165, 1.54) is 4.90 Å². The first-order valence-corrected chi connectivity index (χ1v) is 11.5. The number of hydrogen-bond donors (Lipinski definition) is 6. The fraction of sp³-hybridized carbons (Fsp3) is 0.500. The van der Waals surface area contributed by atoms with Crippen molar-refractivity contribution < 1.29 is 34.2 Å². The Morgan fingerprint density at radius 3 is 2.35 bits per heavy atom. The third kappa shape index (κ3) is 7.73. The number of rotatable bonds is 12. The Balaban J connectivity index is 2.13. The lowest BCUT2D eigenvalue weighted by molar-refractivity contribution is -0.145. The molecule has 1 aliphatic rings. The van der Waals surface area contributed by atoms with Gasteiger partial charge in [0.05, 0.1) is 6.04 Å². The number of benzene rings is 1. The normalized spacial score (nSPS) is 17.9. The Kier molecular flexibility index (Phi) is 10.3. The quantitative estimate of drug-likeness (QED) is 0.208. The molecule has 1 heterocycles. The molecule has 0 spiro atoms. The van der Waals surface area contributed by atoms with Crippen LogP contribution in [-0.2, 0) is 30.4 Å². The van der Waals surface area contributed by atoms with Crippen molar-refractivity contribution in [1.29, 1.82) is 0 Å². The Hall–Kier alpha value is -3.12. The van der Waals surface area contributed by atoms with Gasteiger partial charge < -0.3 is 31.5 Å². The largest absolute Gasteiger partial charge is 0.481 e. The summed E-state index contributed by atoms with van der Waals surface area (Å²) < 4.78 is 0. The number of carbonyl (C=O) groups is 5. The zero-order valence-corrected chi connectivity index (χ0v) is 19.4. The molecule has 0 aliphatic carbocycles. The van der Waals surface area contributed by atoms with E-state index < -0.39 is 53.8 Å². The maximum absolute atomic E-state index is 13.2. The number of amides is 3. The van der Waals surface area contributed by atoms with Crippen LogP contribution in [0.2, 0.25) is 0 Å². The molecular weight excluding hydrogens is 464 g/mol. The first-order valence-electron chi connectivity index (χ1n) is 10.9. The number of nitrogens with one attached hydrogen (secondary N) is 2. The molecule has 0 radical (unpaired) electrons. The molecule has 6 N–H and O–H groups in total. The zero-order chi connectivity index (χ0) is 25.3. The molecule has 0 aromatic heterocycles. The van der Waals surface area contributed by atoms with E-state index in [-0.39, 0.29) is 31.6 Å². The van der Waals surface area contributed by atoms with Crippen LogP contribution in [0.25, 0.3) is 0 Å². The summed E-state index contributed by atoms with van der Waals surface area (Å²) in [7, 11) is 0. The Bertz CT molecular complexity index is 898. The molecule has 1 saturated heterocycles. The summed E-state index contributed by atoms with van der Waals surface area (Å²) in [5, 5.41) is 23.5. The molecule has 0 saturated carbocycles. The second kappa shape index (κ2) is 12.9. The van der Waals surface area contributed by atoms with Gasteiger partial charge in [0.2, 0.25) is 17.7 Å². The number of hydrogen-bond acceptors (Lipinski definition) is 7. The lowest BCUT2D eigenvalue weighted by atomic mass is 10.0. The van der Waals surface area contributed by atoms with Crippen molar-refractivity contribution in [3.63, 3.8) is 0 Å². The first kappa shape index (κ1) is 27.1. The second-order valence-electron chi connectivity index (χ2n) is 8.06. The van der Waals surface area contributed by atoms with E-state index in [2.05, 4.69) is 23.3 Å². The molecule has 1 aliphatic heterocycles. The summed E-state index contributed by atoms with van der Waals surface area (Å²) in [6, 6.07) is 4.51. The molecule has 11 nitrogen and oxygen atoms in total. The number of aliphatic carboxylic acids is 2. The fourth-order valence-electron chi connectivity index (χ4n) is 3.71. The monoisotopic (exact) mass is 494 g/mol. The second-order valence-corrected chi connectivity index (χ2v) is 8.43. The molecule has 4 atom stereocenters. The lowest BCUT2D eigenvalue weighted by Gasteiger charge is -2.29. The minimum absolute atomic E-state index is 0.0262. The maximum atomic E-state index is 13.2. The van der Waals surface area contributed by atoms with E-state index in [1.54, 1.807) is 30.3 Å². The molecule has 12 heteroatoms. The van der Waals surface area contributed by atoms with Crippen molar-refractivity contribution in [2.75, 3.05) is 12.3 Å². The van der Waals surface area contributed by atoms with Gasteiger partial charge in [-0.25, -0.2) is 4.79 Å². The summed E-state index contributed by atoms with van der Waals surface area (Å²) in [6.07, 6.45) is 0.313. The molecule has 0 bridgehead atoms. The highest BCUT2D eigenvalue weighted by molar-refractivity contribution is 7.80. The summed E-state index contributed by atoms with van der Waals surface area (Å²) in [6.45, 7) is 0.214. The van der Waals surface area contributed by atoms with Gasteiger partial charge in [-0.1, -0.05) is 30.3 Å². The molecule has 1 aromatic carbocycles. The summed E-state index contributed by atoms with van der Waals surface area (Å²) in [5.41, 5.74) is 6.38. The molecule has 2 rings (SSSR count). The van der Waals surface area contributed by atoms with Crippen molar-refractivity contribution in [3.05, 3.63) is 35.9 Å². The molecule has 3 amide bonds. The van der Waals surface area contributed by atoms with Crippen molar-refractivity contribution in [2.24, 2.45) is 5.73 Å². The molecule has 1 fully saturated rings. The lowest BCUT2D eigenvalue weighted by Crippen LogP contribution is -2.57. The number of thiol groups is 1. The number of nitrogens with zero attached hydrogens (tertiary/aromatic N) is 1. The van der Waals surface area contributed by atoms with Gasteiger partial charge in [0.1, 0.15) is 18.1 Å². The number of carbonyl (C=O) groups excluding carboxylic acids is 3. The Labute approximate surface area is 202 Å². The number of likely N-dealkylation sites (tertiary alicyclic amines) is 1. The predicted molar refractivity (Wildman–Crippen MR) is 125 cm³/mol. The molecule has 186 valence electrons. The Morgan fingerprint density at radius 2 is 1.76 bits per heavy atom. The van der Waals surface area contributed by atoms with Crippen LogP contribution in [0.4, 0.5) is 0 Å². The van der Waals surface area contributed by atoms with Crippen molar-refractivity contribution in [3.8, 4) is 0 Å². The van der Waals surface area contributed by atoms with Gasteiger partial charge in [0, 0.05) is 25.1 Å². The van der Waals surface area contributed by atoms with E-state index in [9.17, 15) is 29.1 Å². The van der Waals surface area contributed by atoms with Gasteiger partial charge in [0.15, 0.2) is 0 Å². The van der Waals surface area contributed by atoms with Crippen molar-refractivity contribution >= 4 is 42.3 Å². The topological polar surface area (TPSA) is 179 Å². The number of nitrogens with two attached hydrogens (primary N) is 1. The minimum atomic E-state index is -1.21. The average molecular weight is 495 g/mol. The first-order chi connectivity index (χ1) is 16.1. The van der Waals surface area contributed by atoms with Crippen LogP contribution >= 0.6 is 12.6 Å². The van der Waals surface area contributed by atoms with Crippen LogP contribution in [0.15, 0.2) is 30.3 Å². The smallest absolute Gasteiger partial charge is 0.326 e. The third-order valence-corrected chi connectivity index (χ3v) is 5.92. The van der Waals surface area contributed by atoms with Gasteiger partial charge >= 0.3 is 11.9 Å². The highest BCUT2D eigenvalue weighted by atomic mass is 32.1.